The van der Waals surface area contributed by atoms with E-state index in [9.17, 15) is 13.2 Å². The van der Waals surface area contributed by atoms with Gasteiger partial charge in [0.15, 0.2) is 0 Å². The Morgan fingerprint density at radius 3 is 2.62 bits per heavy atom. The normalized spacial score (nSPS) is 15.3. The lowest BCUT2D eigenvalue weighted by Gasteiger charge is -2.27. The smallest absolute Gasteiger partial charge is 0.395 e. The quantitative estimate of drug-likeness (QED) is 0.778. The molecule has 0 aromatic heterocycles. The fourth-order valence-electron chi connectivity index (χ4n) is 2.17. The minimum absolute atomic E-state index is 0.0441. The van der Waals surface area contributed by atoms with Crippen molar-refractivity contribution in [3.05, 3.63) is 28.2 Å². The summed E-state index contributed by atoms with van der Waals surface area (Å²) in [6.45, 7) is -0.899. The molecule has 0 saturated heterocycles. The Morgan fingerprint density at radius 1 is 1.33 bits per heavy atom. The number of alkyl halides is 3. The molecule has 0 bridgehead atoms. The number of rotatable bonds is 7. The van der Waals surface area contributed by atoms with Crippen molar-refractivity contribution in [2.75, 3.05) is 24.6 Å². The molecule has 1 aromatic rings. The summed E-state index contributed by atoms with van der Waals surface area (Å²) >= 11 is 3.35. The third-order valence-electron chi connectivity index (χ3n) is 3.28. The lowest BCUT2D eigenvalue weighted by Crippen LogP contribution is -2.37. The number of hydrogen-bond acceptors (Lipinski definition) is 3. The Labute approximate surface area is 130 Å². The third-order valence-corrected chi connectivity index (χ3v) is 3.77. The largest absolute Gasteiger partial charge is 0.405 e. The van der Waals surface area contributed by atoms with Crippen molar-refractivity contribution in [1.29, 1.82) is 0 Å². The van der Waals surface area contributed by atoms with Crippen molar-refractivity contribution >= 4 is 21.6 Å². The van der Waals surface area contributed by atoms with Crippen LogP contribution in [0.15, 0.2) is 22.7 Å². The molecule has 2 rings (SSSR count). The Bertz CT molecular complexity index is 478. The van der Waals surface area contributed by atoms with Crippen LogP contribution in [0.5, 0.6) is 0 Å². The number of nitrogens with zero attached hydrogens (tertiary/aromatic N) is 1. The van der Waals surface area contributed by atoms with Crippen LogP contribution in [0.2, 0.25) is 0 Å². The van der Waals surface area contributed by atoms with Crippen molar-refractivity contribution in [2.24, 2.45) is 0 Å². The van der Waals surface area contributed by atoms with Gasteiger partial charge in [0.25, 0.3) is 0 Å². The fraction of sp³-hybridized carbons (Fsp3) is 0.571. The molecule has 21 heavy (non-hydrogen) atoms. The average molecular weight is 367 g/mol. The summed E-state index contributed by atoms with van der Waals surface area (Å²) in [5.41, 5.74) is 1.31. The van der Waals surface area contributed by atoms with E-state index in [0.29, 0.717) is 18.3 Å². The van der Waals surface area contributed by atoms with Gasteiger partial charge in [-0.2, -0.15) is 13.2 Å². The highest BCUT2D eigenvalue weighted by molar-refractivity contribution is 9.10. The molecular weight excluding hydrogens is 349 g/mol. The Balaban J connectivity index is 2.19. The first-order valence-electron chi connectivity index (χ1n) is 6.83. The minimum atomic E-state index is -4.30. The topological polar surface area (TPSA) is 35.5 Å². The van der Waals surface area contributed by atoms with E-state index in [1.807, 2.05) is 6.07 Å². The fourth-order valence-corrected chi connectivity index (χ4v) is 2.58. The van der Waals surface area contributed by atoms with Crippen molar-refractivity contribution in [1.82, 2.24) is 5.32 Å². The molecule has 0 aliphatic heterocycles. The second-order valence-corrected chi connectivity index (χ2v) is 6.10. The van der Waals surface area contributed by atoms with E-state index in [2.05, 4.69) is 21.2 Å². The van der Waals surface area contributed by atoms with Crippen molar-refractivity contribution in [3.63, 3.8) is 0 Å². The van der Waals surface area contributed by atoms with E-state index < -0.39 is 12.7 Å². The number of benzene rings is 1. The van der Waals surface area contributed by atoms with E-state index in [4.69, 9.17) is 5.11 Å². The van der Waals surface area contributed by atoms with E-state index in [0.717, 1.165) is 22.9 Å². The summed E-state index contributed by atoms with van der Waals surface area (Å²) in [6, 6.07) is 5.68. The van der Waals surface area contributed by atoms with E-state index in [-0.39, 0.29) is 13.2 Å². The van der Waals surface area contributed by atoms with Crippen LogP contribution in [0.1, 0.15) is 18.4 Å². The highest BCUT2D eigenvalue weighted by atomic mass is 79.9. The molecule has 118 valence electrons. The molecule has 1 aromatic carbocycles. The second kappa shape index (κ2) is 6.98. The Morgan fingerprint density at radius 2 is 2.05 bits per heavy atom. The first kappa shape index (κ1) is 16.6. The van der Waals surface area contributed by atoms with Gasteiger partial charge >= 0.3 is 6.18 Å². The predicted molar refractivity (Wildman–Crippen MR) is 79.4 cm³/mol. The monoisotopic (exact) mass is 366 g/mol. The van der Waals surface area contributed by atoms with Crippen LogP contribution in [0, 0.1) is 0 Å². The van der Waals surface area contributed by atoms with Crippen LogP contribution in [-0.4, -0.2) is 37.0 Å². The molecule has 1 aliphatic carbocycles. The number of nitrogens with one attached hydrogen (secondary N) is 1. The zero-order valence-corrected chi connectivity index (χ0v) is 13.0. The number of anilines is 1. The maximum absolute atomic E-state index is 12.7. The summed E-state index contributed by atoms with van der Waals surface area (Å²) in [6.07, 6.45) is -2.07. The molecule has 1 aliphatic rings. The molecule has 0 unspecified atom stereocenters. The third kappa shape index (κ3) is 5.48. The first-order valence-corrected chi connectivity index (χ1v) is 7.63. The van der Waals surface area contributed by atoms with E-state index >= 15 is 0 Å². The molecule has 0 spiro atoms. The van der Waals surface area contributed by atoms with Gasteiger partial charge in [-0.15, -0.1) is 0 Å². The summed E-state index contributed by atoms with van der Waals surface area (Å²) < 4.78 is 38.9. The minimum Gasteiger partial charge on any atom is -0.395 e. The lowest BCUT2D eigenvalue weighted by molar-refractivity contribution is -0.119. The molecule has 7 heteroatoms. The summed E-state index contributed by atoms with van der Waals surface area (Å²) in [7, 11) is 0. The van der Waals surface area contributed by atoms with Gasteiger partial charge in [-0.1, -0.05) is 15.9 Å². The van der Waals surface area contributed by atoms with Crippen LogP contribution < -0.4 is 10.2 Å². The molecule has 0 atom stereocenters. The molecule has 0 radical (unpaired) electrons. The van der Waals surface area contributed by atoms with E-state index in [1.54, 1.807) is 12.1 Å². The van der Waals surface area contributed by atoms with Crippen LogP contribution in [0.25, 0.3) is 0 Å². The van der Waals surface area contributed by atoms with Crippen LogP contribution >= 0.6 is 15.9 Å². The van der Waals surface area contributed by atoms with Crippen molar-refractivity contribution in [3.8, 4) is 0 Å². The maximum Gasteiger partial charge on any atom is 0.405 e. The Hall–Kier alpha value is -0.790. The zero-order chi connectivity index (χ0) is 15.5. The molecular formula is C14H18BrF3N2O. The number of halogens is 4. The van der Waals surface area contributed by atoms with Crippen LogP contribution in [0.3, 0.4) is 0 Å². The molecule has 0 amide bonds. The van der Waals surface area contributed by atoms with Gasteiger partial charge in [0.1, 0.15) is 6.54 Å². The Kier molecular flexibility index (Phi) is 5.51. The van der Waals surface area contributed by atoms with E-state index in [1.165, 1.54) is 4.90 Å². The number of aliphatic hydroxyl groups excluding tert-OH is 1. The number of aliphatic hydroxyl groups is 1. The first-order chi connectivity index (χ1) is 9.89. The highest BCUT2D eigenvalue weighted by Crippen LogP contribution is 2.29. The SMILES string of the molecule is OCCN(CC(F)(F)F)c1ccc(Br)cc1CNC1CC1. The van der Waals surface area contributed by atoms with Gasteiger partial charge in [0.2, 0.25) is 0 Å². The molecule has 3 nitrogen and oxygen atoms in total. The second-order valence-electron chi connectivity index (χ2n) is 5.19. The summed E-state index contributed by atoms with van der Waals surface area (Å²) in [5.74, 6) is 0. The van der Waals surface area contributed by atoms with Gasteiger partial charge in [-0.05, 0) is 36.6 Å². The van der Waals surface area contributed by atoms with Crippen molar-refractivity contribution in [2.45, 2.75) is 31.6 Å². The van der Waals surface area contributed by atoms with Gasteiger partial charge in [-0.25, -0.2) is 0 Å². The summed E-state index contributed by atoms with van der Waals surface area (Å²) in [5, 5.41) is 12.3. The maximum atomic E-state index is 12.7. The van der Waals surface area contributed by atoms with Crippen molar-refractivity contribution < 1.29 is 18.3 Å². The standard InChI is InChI=1S/C14H18BrF3N2O/c15-11-1-4-13(10(7-11)8-19-12-2-3-12)20(5-6-21)9-14(16,17)18/h1,4,7,12,19,21H,2-3,5-6,8-9H2. The lowest BCUT2D eigenvalue weighted by atomic mass is 10.1. The summed E-state index contributed by atoms with van der Waals surface area (Å²) in [4.78, 5) is 1.18. The van der Waals surface area contributed by atoms with Gasteiger partial charge < -0.3 is 15.3 Å². The number of hydrogen-bond donors (Lipinski definition) is 2. The highest BCUT2D eigenvalue weighted by Gasteiger charge is 2.31. The van der Waals surface area contributed by atoms with Gasteiger partial charge in [0, 0.05) is 29.3 Å². The zero-order valence-electron chi connectivity index (χ0n) is 11.5. The molecule has 2 N–H and O–H groups in total. The van der Waals surface area contributed by atoms with Gasteiger partial charge in [-0.3, -0.25) is 0 Å². The molecule has 1 saturated carbocycles. The average Bonchev–Trinajstić information content (AvgIpc) is 3.18. The molecule has 0 heterocycles. The van der Waals surface area contributed by atoms with Crippen LogP contribution in [0.4, 0.5) is 18.9 Å². The molecule has 1 fully saturated rings. The van der Waals surface area contributed by atoms with Gasteiger partial charge in [0.05, 0.1) is 6.61 Å². The van der Waals surface area contributed by atoms with Crippen LogP contribution in [-0.2, 0) is 6.54 Å². The predicted octanol–water partition coefficient (Wildman–Crippen LogP) is 3.06.